The molecule has 1 aromatic carbocycles. The Labute approximate surface area is 214 Å². The molecule has 0 spiro atoms. The minimum atomic E-state index is -0.276. The molecule has 2 fully saturated rings. The number of carbonyl (C=O) groups excluding carboxylic acids is 1. The molecule has 0 bridgehead atoms. The highest BCUT2D eigenvalue weighted by molar-refractivity contribution is 6.31. The molecule has 2 N–H and O–H groups in total. The SMILES string of the molecule is CC[C@H]1CN(c2nc3c(nc2Cl)CNC(=O)N3)CCN1C1CCN(Cc2ccc(Cl)cc2F)CC1. The lowest BCUT2D eigenvalue weighted by Gasteiger charge is -2.47. The third-order valence-corrected chi connectivity index (χ3v) is 7.78. The number of piperazine rings is 1. The second kappa shape index (κ2) is 10.4. The molecule has 8 nitrogen and oxygen atoms in total. The van der Waals surface area contributed by atoms with Crippen LogP contribution in [0.1, 0.15) is 37.4 Å². The van der Waals surface area contributed by atoms with Crippen LogP contribution >= 0.6 is 23.2 Å². The normalized spacial score (nSPS) is 22.0. The van der Waals surface area contributed by atoms with Crippen LogP contribution in [0.5, 0.6) is 0 Å². The van der Waals surface area contributed by atoms with Crippen molar-refractivity contribution in [3.63, 3.8) is 0 Å². The van der Waals surface area contributed by atoms with Crippen molar-refractivity contribution in [3.8, 4) is 0 Å². The van der Waals surface area contributed by atoms with E-state index in [2.05, 4.69) is 42.2 Å². The predicted octanol–water partition coefficient (Wildman–Crippen LogP) is 4.12. The number of piperidine rings is 1. The number of urea groups is 1. The fraction of sp³-hybridized carbons (Fsp3) is 0.542. The number of nitrogens with zero attached hydrogens (tertiary/aromatic N) is 5. The maximum Gasteiger partial charge on any atom is 0.320 e. The van der Waals surface area contributed by atoms with E-state index in [1.54, 1.807) is 12.1 Å². The molecule has 35 heavy (non-hydrogen) atoms. The van der Waals surface area contributed by atoms with E-state index < -0.39 is 0 Å². The number of hydrogen-bond donors (Lipinski definition) is 2. The minimum absolute atomic E-state index is 0.235. The summed E-state index contributed by atoms with van der Waals surface area (Å²) in [4.78, 5) is 28.0. The lowest BCUT2D eigenvalue weighted by Crippen LogP contribution is -2.58. The first-order chi connectivity index (χ1) is 16.9. The topological polar surface area (TPSA) is 76.6 Å². The number of likely N-dealkylation sites (tertiary alicyclic amines) is 1. The fourth-order valence-electron chi connectivity index (χ4n) is 5.38. The fourth-order valence-corrected chi connectivity index (χ4v) is 5.81. The Morgan fingerprint density at radius 1 is 1.14 bits per heavy atom. The van der Waals surface area contributed by atoms with Gasteiger partial charge in [-0.1, -0.05) is 36.2 Å². The Morgan fingerprint density at radius 2 is 1.94 bits per heavy atom. The molecule has 188 valence electrons. The van der Waals surface area contributed by atoms with Gasteiger partial charge in [-0.25, -0.2) is 19.2 Å². The van der Waals surface area contributed by atoms with Gasteiger partial charge in [0.05, 0.1) is 6.54 Å². The monoisotopic (exact) mass is 521 g/mol. The highest BCUT2D eigenvalue weighted by Crippen LogP contribution is 2.31. The number of benzene rings is 1. The number of amides is 2. The van der Waals surface area contributed by atoms with Gasteiger partial charge < -0.3 is 10.2 Å². The van der Waals surface area contributed by atoms with Crippen molar-refractivity contribution in [1.82, 2.24) is 25.1 Å². The van der Waals surface area contributed by atoms with E-state index in [0.29, 0.717) is 58.2 Å². The molecular formula is C24H30Cl2FN7O. The van der Waals surface area contributed by atoms with Crippen LogP contribution in [0.25, 0.3) is 0 Å². The zero-order valence-electron chi connectivity index (χ0n) is 19.7. The molecule has 0 unspecified atom stereocenters. The number of hydrogen-bond acceptors (Lipinski definition) is 6. The Bertz CT molecular complexity index is 1100. The molecule has 0 saturated carbocycles. The smallest absolute Gasteiger partial charge is 0.320 e. The molecule has 2 amide bonds. The highest BCUT2D eigenvalue weighted by Gasteiger charge is 2.34. The average Bonchev–Trinajstić information content (AvgIpc) is 2.86. The molecule has 3 aliphatic heterocycles. The molecule has 3 aliphatic rings. The summed E-state index contributed by atoms with van der Waals surface area (Å²) in [6.45, 7) is 7.56. The van der Waals surface area contributed by atoms with Gasteiger partial charge in [0, 0.05) is 48.8 Å². The first-order valence-electron chi connectivity index (χ1n) is 12.2. The van der Waals surface area contributed by atoms with Gasteiger partial charge in [-0.05, 0) is 44.5 Å². The van der Waals surface area contributed by atoms with Gasteiger partial charge in [0.2, 0.25) is 0 Å². The largest absolute Gasteiger partial charge is 0.351 e. The molecule has 4 heterocycles. The number of halogens is 3. The minimum Gasteiger partial charge on any atom is -0.351 e. The van der Waals surface area contributed by atoms with E-state index in [1.165, 1.54) is 6.07 Å². The molecule has 11 heteroatoms. The van der Waals surface area contributed by atoms with Crippen molar-refractivity contribution in [3.05, 3.63) is 45.4 Å². The summed E-state index contributed by atoms with van der Waals surface area (Å²) in [5, 5.41) is 6.21. The van der Waals surface area contributed by atoms with E-state index in [0.717, 1.165) is 52.0 Å². The first kappa shape index (κ1) is 24.5. The summed E-state index contributed by atoms with van der Waals surface area (Å²) in [7, 11) is 0. The lowest BCUT2D eigenvalue weighted by molar-refractivity contribution is 0.0607. The van der Waals surface area contributed by atoms with Crippen LogP contribution in [0.2, 0.25) is 10.2 Å². The molecular weight excluding hydrogens is 492 g/mol. The van der Waals surface area contributed by atoms with E-state index in [1.807, 2.05) is 0 Å². The number of fused-ring (bicyclic) bond motifs is 1. The second-order valence-electron chi connectivity index (χ2n) is 9.43. The number of aromatic nitrogens is 2. The Balaban J connectivity index is 1.20. The van der Waals surface area contributed by atoms with Gasteiger partial charge in [-0.3, -0.25) is 15.1 Å². The van der Waals surface area contributed by atoms with Crippen LogP contribution in [0, 0.1) is 5.82 Å². The van der Waals surface area contributed by atoms with E-state index >= 15 is 0 Å². The molecule has 1 atom stereocenters. The maximum atomic E-state index is 14.2. The molecule has 2 aromatic rings. The van der Waals surface area contributed by atoms with Crippen LogP contribution in [-0.4, -0.2) is 70.6 Å². The third-order valence-electron chi connectivity index (χ3n) is 7.29. The van der Waals surface area contributed by atoms with E-state index in [-0.39, 0.29) is 11.8 Å². The first-order valence-corrected chi connectivity index (χ1v) is 12.9. The van der Waals surface area contributed by atoms with Crippen molar-refractivity contribution in [1.29, 1.82) is 0 Å². The summed E-state index contributed by atoms with van der Waals surface area (Å²) >= 11 is 12.4. The molecule has 0 radical (unpaired) electrons. The maximum absolute atomic E-state index is 14.2. The second-order valence-corrected chi connectivity index (χ2v) is 10.2. The number of carbonyl (C=O) groups is 1. The van der Waals surface area contributed by atoms with Gasteiger partial charge in [-0.15, -0.1) is 0 Å². The van der Waals surface area contributed by atoms with Crippen LogP contribution in [0.3, 0.4) is 0 Å². The predicted molar refractivity (Wildman–Crippen MR) is 136 cm³/mol. The lowest BCUT2D eigenvalue weighted by atomic mass is 9.98. The van der Waals surface area contributed by atoms with Crippen molar-refractivity contribution >= 4 is 40.9 Å². The van der Waals surface area contributed by atoms with Crippen LogP contribution in [0.15, 0.2) is 18.2 Å². The van der Waals surface area contributed by atoms with Gasteiger partial charge in [-0.2, -0.15) is 0 Å². The molecule has 1 aromatic heterocycles. The summed E-state index contributed by atoms with van der Waals surface area (Å²) < 4.78 is 14.2. The molecule has 5 rings (SSSR count). The van der Waals surface area contributed by atoms with E-state index in [9.17, 15) is 9.18 Å². The average molecular weight is 522 g/mol. The van der Waals surface area contributed by atoms with Gasteiger partial charge in [0.15, 0.2) is 16.8 Å². The van der Waals surface area contributed by atoms with Crippen LogP contribution < -0.4 is 15.5 Å². The van der Waals surface area contributed by atoms with Crippen molar-refractivity contribution in [2.75, 3.05) is 42.9 Å². The zero-order chi connectivity index (χ0) is 24.5. The third kappa shape index (κ3) is 5.33. The summed E-state index contributed by atoms with van der Waals surface area (Å²) in [6.07, 6.45) is 3.14. The highest BCUT2D eigenvalue weighted by atomic mass is 35.5. The van der Waals surface area contributed by atoms with Crippen molar-refractivity contribution in [2.45, 2.75) is 51.4 Å². The zero-order valence-corrected chi connectivity index (χ0v) is 21.2. The molecule has 0 aliphatic carbocycles. The summed E-state index contributed by atoms with van der Waals surface area (Å²) in [5.41, 5.74) is 1.34. The van der Waals surface area contributed by atoms with Gasteiger partial charge in [0.1, 0.15) is 11.5 Å². The van der Waals surface area contributed by atoms with E-state index in [4.69, 9.17) is 23.2 Å². The number of anilines is 2. The van der Waals surface area contributed by atoms with Crippen LogP contribution in [0.4, 0.5) is 20.8 Å². The van der Waals surface area contributed by atoms with Crippen LogP contribution in [-0.2, 0) is 13.1 Å². The Hall–Kier alpha value is -2.20. The summed E-state index contributed by atoms with van der Waals surface area (Å²) in [5.74, 6) is 0.875. The summed E-state index contributed by atoms with van der Waals surface area (Å²) in [6, 6.07) is 5.53. The Kier molecular flexibility index (Phi) is 7.29. The van der Waals surface area contributed by atoms with Crippen molar-refractivity contribution < 1.29 is 9.18 Å². The van der Waals surface area contributed by atoms with Gasteiger partial charge >= 0.3 is 6.03 Å². The van der Waals surface area contributed by atoms with Gasteiger partial charge in [0.25, 0.3) is 0 Å². The van der Waals surface area contributed by atoms with Crippen molar-refractivity contribution in [2.24, 2.45) is 0 Å². The number of rotatable bonds is 5. The number of nitrogens with one attached hydrogen (secondary N) is 2. The molecule has 2 saturated heterocycles. The standard InChI is InChI=1S/C24H30Cl2FN7O/c1-2-17-14-33(23-21(26)29-20-12-28-24(35)31-22(20)30-23)9-10-34(17)18-5-7-32(8-6-18)13-15-3-4-16(25)11-19(15)27/h3-4,11,17-18H,2,5-10,12-14H2,1H3,(H2,28,30,31,35)/t17-/m0/s1. The Morgan fingerprint density at radius 3 is 2.69 bits per heavy atom. The quantitative estimate of drug-likeness (QED) is 0.616.